The van der Waals surface area contributed by atoms with Crippen molar-refractivity contribution in [1.82, 2.24) is 0 Å². The maximum atomic E-state index is 6.06. The number of halogens is 2. The van der Waals surface area contributed by atoms with E-state index >= 15 is 0 Å². The fraction of sp³-hybridized carbons (Fsp3) is 1.00. The highest BCUT2D eigenvalue weighted by Crippen LogP contribution is 2.25. The molecule has 0 aromatic rings. The van der Waals surface area contributed by atoms with E-state index in [2.05, 4.69) is 6.92 Å². The van der Waals surface area contributed by atoms with Crippen molar-refractivity contribution in [2.24, 2.45) is 0 Å². The Bertz CT molecular complexity index is 131. The third-order valence-corrected chi connectivity index (χ3v) is 5.61. The van der Waals surface area contributed by atoms with Crippen LogP contribution in [-0.4, -0.2) is 13.5 Å². The summed E-state index contributed by atoms with van der Waals surface area (Å²) >= 11 is 12.1. The van der Waals surface area contributed by atoms with Gasteiger partial charge >= 0.3 is 6.94 Å². The smallest absolute Gasteiger partial charge is 0.389 e. The van der Waals surface area contributed by atoms with Crippen LogP contribution in [0.15, 0.2) is 0 Å². The van der Waals surface area contributed by atoms with Gasteiger partial charge in [-0.2, -0.15) is 0 Å². The van der Waals surface area contributed by atoms with Gasteiger partial charge in [0.2, 0.25) is 0 Å². The molecule has 14 heavy (non-hydrogen) atoms. The summed E-state index contributed by atoms with van der Waals surface area (Å²) in [5.74, 6) is 0. The van der Waals surface area contributed by atoms with E-state index < -0.39 is 6.94 Å². The molecular formula is C10H22Cl2OSi. The summed E-state index contributed by atoms with van der Waals surface area (Å²) in [6, 6.07) is 0.871. The van der Waals surface area contributed by atoms with Gasteiger partial charge in [-0.25, -0.2) is 0 Å². The summed E-state index contributed by atoms with van der Waals surface area (Å²) in [7, 11) is 0. The molecule has 0 aliphatic heterocycles. The first-order valence-electron chi connectivity index (χ1n) is 5.64. The van der Waals surface area contributed by atoms with Crippen LogP contribution in [0.5, 0.6) is 0 Å². The van der Waals surface area contributed by atoms with E-state index in [4.69, 9.17) is 26.6 Å². The minimum absolute atomic E-state index is 0.634. The molecule has 0 aromatic heterocycles. The molecule has 0 amide bonds. The molecule has 0 unspecified atom stereocenters. The van der Waals surface area contributed by atoms with Gasteiger partial charge in [0.25, 0.3) is 0 Å². The van der Waals surface area contributed by atoms with Gasteiger partial charge in [-0.1, -0.05) is 45.4 Å². The maximum absolute atomic E-state index is 6.06. The second-order valence-corrected chi connectivity index (χ2v) is 9.90. The van der Waals surface area contributed by atoms with Gasteiger partial charge in [0, 0.05) is 6.61 Å². The molecule has 0 aromatic carbocycles. The average molecular weight is 257 g/mol. The van der Waals surface area contributed by atoms with Crippen LogP contribution in [0.25, 0.3) is 0 Å². The molecule has 0 saturated carbocycles. The van der Waals surface area contributed by atoms with E-state index in [0.29, 0.717) is 6.61 Å². The van der Waals surface area contributed by atoms with E-state index in [-0.39, 0.29) is 0 Å². The molecule has 4 heteroatoms. The van der Waals surface area contributed by atoms with Crippen molar-refractivity contribution in [3.63, 3.8) is 0 Å². The largest absolute Gasteiger partial charge is 0.393 e. The molecule has 0 fully saturated rings. The summed E-state index contributed by atoms with van der Waals surface area (Å²) in [5, 5.41) is 0. The van der Waals surface area contributed by atoms with E-state index in [1.165, 1.54) is 32.1 Å². The van der Waals surface area contributed by atoms with Crippen molar-refractivity contribution in [3.8, 4) is 0 Å². The molecule has 0 aliphatic rings. The minimum atomic E-state index is -2.33. The lowest BCUT2D eigenvalue weighted by atomic mass is 10.1. The number of unbranched alkanes of at least 4 members (excludes halogenated alkanes) is 5. The lowest BCUT2D eigenvalue weighted by Gasteiger charge is -2.15. The van der Waals surface area contributed by atoms with Crippen molar-refractivity contribution in [2.45, 2.75) is 58.4 Å². The second kappa shape index (κ2) is 9.02. The zero-order valence-corrected chi connectivity index (χ0v) is 11.8. The van der Waals surface area contributed by atoms with Crippen molar-refractivity contribution >= 4 is 29.1 Å². The first-order valence-corrected chi connectivity index (χ1v) is 9.78. The van der Waals surface area contributed by atoms with Gasteiger partial charge < -0.3 is 4.43 Å². The monoisotopic (exact) mass is 256 g/mol. The summed E-state index contributed by atoms with van der Waals surface area (Å²) < 4.78 is 5.33. The van der Waals surface area contributed by atoms with Gasteiger partial charge in [-0.05, 0) is 13.0 Å². The molecule has 0 atom stereocenters. The van der Waals surface area contributed by atoms with Crippen molar-refractivity contribution in [3.05, 3.63) is 0 Å². The van der Waals surface area contributed by atoms with Gasteiger partial charge in [-0.3, -0.25) is 0 Å². The number of hydrogen-bond donors (Lipinski definition) is 0. The number of rotatable bonds is 9. The Morgan fingerprint density at radius 1 is 0.929 bits per heavy atom. The standard InChI is InChI=1S/C10H22Cl2OSi/c1-3-5-6-7-8-9-10-14(11,12)13-4-2/h3-10H2,1-2H3. The molecule has 0 radical (unpaired) electrons. The second-order valence-electron chi connectivity index (χ2n) is 3.59. The lowest BCUT2D eigenvalue weighted by molar-refractivity contribution is 0.346. The molecule has 1 nitrogen and oxygen atoms in total. The predicted molar refractivity (Wildman–Crippen MR) is 67.3 cm³/mol. The van der Waals surface area contributed by atoms with Crippen LogP contribution < -0.4 is 0 Å². The molecule has 86 valence electrons. The normalized spacial score (nSPS) is 12.0. The SMILES string of the molecule is CCCCCCCC[Si](Cl)(Cl)OCC. The van der Waals surface area contributed by atoms with Crippen LogP contribution in [0.2, 0.25) is 6.04 Å². The van der Waals surface area contributed by atoms with E-state index in [1.807, 2.05) is 6.92 Å². The van der Waals surface area contributed by atoms with Crippen LogP contribution in [0, 0.1) is 0 Å². The highest BCUT2D eigenvalue weighted by molar-refractivity contribution is 7.42. The van der Waals surface area contributed by atoms with Crippen LogP contribution >= 0.6 is 22.2 Å². The zero-order valence-electron chi connectivity index (χ0n) is 9.32. The quantitative estimate of drug-likeness (QED) is 0.327. The van der Waals surface area contributed by atoms with Crippen molar-refractivity contribution in [2.75, 3.05) is 6.61 Å². The van der Waals surface area contributed by atoms with Crippen LogP contribution in [0.1, 0.15) is 52.4 Å². The average Bonchev–Trinajstić information content (AvgIpc) is 2.11. The highest BCUT2D eigenvalue weighted by atomic mass is 35.7. The first-order chi connectivity index (χ1) is 6.62. The van der Waals surface area contributed by atoms with Gasteiger partial charge in [-0.15, -0.1) is 22.2 Å². The number of hydrogen-bond acceptors (Lipinski definition) is 1. The summed E-state index contributed by atoms with van der Waals surface area (Å²) in [6.45, 7) is 2.47. The molecule has 0 saturated heterocycles. The Morgan fingerprint density at radius 2 is 1.50 bits per heavy atom. The highest BCUT2D eigenvalue weighted by Gasteiger charge is 2.28. The Morgan fingerprint density at radius 3 is 2.07 bits per heavy atom. The van der Waals surface area contributed by atoms with Gasteiger partial charge in [0.15, 0.2) is 0 Å². The maximum Gasteiger partial charge on any atom is 0.389 e. The molecule has 0 heterocycles. The van der Waals surface area contributed by atoms with Crippen LogP contribution in [0.3, 0.4) is 0 Å². The Balaban J connectivity index is 3.26. The van der Waals surface area contributed by atoms with E-state index in [0.717, 1.165) is 12.5 Å². The van der Waals surface area contributed by atoms with Gasteiger partial charge in [0.1, 0.15) is 0 Å². The third kappa shape index (κ3) is 9.32. The Labute approximate surface area is 98.7 Å². The predicted octanol–water partition coefficient (Wildman–Crippen LogP) is 4.80. The Kier molecular flexibility index (Phi) is 9.50. The van der Waals surface area contributed by atoms with E-state index in [1.54, 1.807) is 0 Å². The summed E-state index contributed by atoms with van der Waals surface area (Å²) in [4.78, 5) is 0. The summed E-state index contributed by atoms with van der Waals surface area (Å²) in [6.07, 6.45) is 7.63. The third-order valence-electron chi connectivity index (χ3n) is 2.18. The zero-order chi connectivity index (χ0) is 10.9. The van der Waals surface area contributed by atoms with Crippen molar-refractivity contribution < 1.29 is 4.43 Å². The van der Waals surface area contributed by atoms with Gasteiger partial charge in [0.05, 0.1) is 0 Å². The fourth-order valence-electron chi connectivity index (χ4n) is 1.39. The molecule has 0 bridgehead atoms. The van der Waals surface area contributed by atoms with Crippen LogP contribution in [-0.2, 0) is 4.43 Å². The topological polar surface area (TPSA) is 9.23 Å². The molecular weight excluding hydrogens is 235 g/mol. The fourth-order valence-corrected chi connectivity index (χ4v) is 4.08. The molecule has 0 rings (SSSR count). The van der Waals surface area contributed by atoms with Crippen LogP contribution in [0.4, 0.5) is 0 Å². The van der Waals surface area contributed by atoms with E-state index in [9.17, 15) is 0 Å². The minimum Gasteiger partial charge on any atom is -0.393 e. The van der Waals surface area contributed by atoms with Crippen molar-refractivity contribution in [1.29, 1.82) is 0 Å². The lowest BCUT2D eigenvalue weighted by Crippen LogP contribution is -2.23. The Hall–Kier alpha value is 0.757. The summed E-state index contributed by atoms with van der Waals surface area (Å²) in [5.41, 5.74) is 0. The molecule has 0 aliphatic carbocycles. The molecule has 0 spiro atoms. The first kappa shape index (κ1) is 14.8. The molecule has 0 N–H and O–H groups in total.